The molecule has 0 bridgehead atoms. The summed E-state index contributed by atoms with van der Waals surface area (Å²) < 4.78 is 0. The van der Waals surface area contributed by atoms with Crippen LogP contribution in [0.25, 0.3) is 0 Å². The van der Waals surface area contributed by atoms with Gasteiger partial charge >= 0.3 is 5.82 Å². The molecule has 1 N–H and O–H groups in total. The Balaban J connectivity index is 2.32. The lowest BCUT2D eigenvalue weighted by molar-refractivity contribution is -0.388. The Kier molecular flexibility index (Phi) is 3.00. The van der Waals surface area contributed by atoms with Crippen molar-refractivity contribution in [3.05, 3.63) is 28.4 Å². The Morgan fingerprint density at radius 2 is 2.44 bits per heavy atom. The highest BCUT2D eigenvalue weighted by atomic mass is 16.6. The lowest BCUT2D eigenvalue weighted by Crippen LogP contribution is -2.57. The zero-order chi connectivity index (χ0) is 11.5. The summed E-state index contributed by atoms with van der Waals surface area (Å²) >= 11 is 0. The minimum atomic E-state index is -0.427. The molecular formula is C10H14N4O2. The zero-order valence-corrected chi connectivity index (χ0v) is 9.09. The van der Waals surface area contributed by atoms with Crippen LogP contribution in [0.2, 0.25) is 0 Å². The molecule has 1 aliphatic rings. The summed E-state index contributed by atoms with van der Waals surface area (Å²) in [5.41, 5.74) is 0.613. The first-order valence-electron chi connectivity index (χ1n) is 5.30. The topological polar surface area (TPSA) is 71.3 Å². The molecule has 0 aliphatic carbocycles. The predicted molar refractivity (Wildman–Crippen MR) is 60.6 cm³/mol. The first-order chi connectivity index (χ1) is 7.74. The Bertz CT molecular complexity index is 392. The number of likely N-dealkylation sites (N-methyl/N-ethyl adjacent to an activating group) is 1. The summed E-state index contributed by atoms with van der Waals surface area (Å²) in [4.78, 5) is 16.3. The average Bonchev–Trinajstić information content (AvgIpc) is 2.23. The monoisotopic (exact) mass is 222 g/mol. The van der Waals surface area contributed by atoms with Crippen LogP contribution in [-0.4, -0.2) is 35.6 Å². The van der Waals surface area contributed by atoms with Crippen molar-refractivity contribution in [1.29, 1.82) is 0 Å². The van der Waals surface area contributed by atoms with Gasteiger partial charge in [-0.05, 0) is 29.0 Å². The molecule has 1 aromatic rings. The molecule has 2 heterocycles. The van der Waals surface area contributed by atoms with Gasteiger partial charge in [0.15, 0.2) is 0 Å². The van der Waals surface area contributed by atoms with E-state index in [-0.39, 0.29) is 5.82 Å². The molecule has 0 unspecified atom stereocenters. The predicted octanol–water partition coefficient (Wildman–Crippen LogP) is 0.788. The lowest BCUT2D eigenvalue weighted by Gasteiger charge is -2.38. The molecule has 0 aromatic carbocycles. The maximum absolute atomic E-state index is 10.9. The van der Waals surface area contributed by atoms with Gasteiger partial charge in [-0.1, -0.05) is 0 Å². The number of aromatic nitrogens is 1. The van der Waals surface area contributed by atoms with Gasteiger partial charge in [0, 0.05) is 19.6 Å². The largest absolute Gasteiger partial charge is 0.387 e. The zero-order valence-electron chi connectivity index (χ0n) is 9.09. The lowest BCUT2D eigenvalue weighted by atomic mass is 10.1. The van der Waals surface area contributed by atoms with E-state index < -0.39 is 4.92 Å². The number of nitrogens with one attached hydrogen (secondary N) is 1. The van der Waals surface area contributed by atoms with Crippen molar-refractivity contribution in [3.8, 4) is 0 Å². The van der Waals surface area contributed by atoms with Crippen molar-refractivity contribution in [2.45, 2.75) is 13.0 Å². The molecule has 1 aromatic heterocycles. The smallest absolute Gasteiger partial charge is 0.359 e. The van der Waals surface area contributed by atoms with E-state index >= 15 is 0 Å². The van der Waals surface area contributed by atoms with Gasteiger partial charge in [-0.25, -0.2) is 0 Å². The number of hydrogen-bond acceptors (Lipinski definition) is 5. The van der Waals surface area contributed by atoms with Crippen molar-refractivity contribution < 1.29 is 4.92 Å². The van der Waals surface area contributed by atoms with Crippen molar-refractivity contribution in [2.75, 3.05) is 24.5 Å². The maximum atomic E-state index is 10.9. The van der Waals surface area contributed by atoms with E-state index in [2.05, 4.69) is 10.3 Å². The normalized spacial score (nSPS) is 15.6. The molecule has 1 saturated heterocycles. The van der Waals surface area contributed by atoms with Crippen LogP contribution in [0.15, 0.2) is 18.3 Å². The summed E-state index contributed by atoms with van der Waals surface area (Å²) in [6.07, 6.45) is 1.45. The minimum absolute atomic E-state index is 0.0590. The quantitative estimate of drug-likeness (QED) is 0.602. The molecule has 1 fully saturated rings. The van der Waals surface area contributed by atoms with Crippen LogP contribution >= 0.6 is 0 Å². The first-order valence-corrected chi connectivity index (χ1v) is 5.30. The second-order valence-electron chi connectivity index (χ2n) is 3.70. The van der Waals surface area contributed by atoms with Crippen LogP contribution in [0, 0.1) is 10.1 Å². The van der Waals surface area contributed by atoms with Crippen molar-refractivity contribution in [3.63, 3.8) is 0 Å². The molecule has 0 saturated carbocycles. The average molecular weight is 222 g/mol. The van der Waals surface area contributed by atoms with Crippen LogP contribution in [0.3, 0.4) is 0 Å². The molecule has 6 heteroatoms. The van der Waals surface area contributed by atoms with Gasteiger partial charge in [0.2, 0.25) is 0 Å². The molecule has 0 spiro atoms. The van der Waals surface area contributed by atoms with Gasteiger partial charge in [0.1, 0.15) is 11.9 Å². The minimum Gasteiger partial charge on any atom is -0.359 e. The van der Waals surface area contributed by atoms with Crippen LogP contribution in [0.4, 0.5) is 11.5 Å². The van der Waals surface area contributed by atoms with Crippen molar-refractivity contribution in [2.24, 2.45) is 0 Å². The van der Waals surface area contributed by atoms with Gasteiger partial charge in [-0.2, -0.15) is 0 Å². The molecule has 0 atom stereocenters. The summed E-state index contributed by atoms with van der Waals surface area (Å²) in [5.74, 6) is -0.0590. The summed E-state index contributed by atoms with van der Waals surface area (Å²) in [5, 5.41) is 14.0. The molecule has 0 amide bonds. The van der Waals surface area contributed by atoms with Gasteiger partial charge in [-0.15, -0.1) is 0 Å². The number of nitro groups is 1. The van der Waals surface area contributed by atoms with E-state index in [1.165, 1.54) is 6.20 Å². The van der Waals surface area contributed by atoms with Gasteiger partial charge in [0.05, 0.1) is 6.04 Å². The molecule has 6 nitrogen and oxygen atoms in total. The number of anilines is 1. The van der Waals surface area contributed by atoms with E-state index in [1.54, 1.807) is 12.1 Å². The molecule has 16 heavy (non-hydrogen) atoms. The summed E-state index contributed by atoms with van der Waals surface area (Å²) in [6.45, 7) is 4.49. The Morgan fingerprint density at radius 3 is 2.94 bits per heavy atom. The third-order valence-electron chi connectivity index (χ3n) is 2.79. The fraction of sp³-hybridized carbons (Fsp3) is 0.500. The van der Waals surface area contributed by atoms with E-state index in [0.717, 1.165) is 19.6 Å². The third kappa shape index (κ3) is 1.83. The van der Waals surface area contributed by atoms with Crippen LogP contribution < -0.4 is 10.2 Å². The van der Waals surface area contributed by atoms with E-state index in [9.17, 15) is 10.1 Å². The molecule has 1 aliphatic heterocycles. The number of rotatable bonds is 4. The highest BCUT2D eigenvalue weighted by Crippen LogP contribution is 2.27. The second kappa shape index (κ2) is 4.44. The van der Waals surface area contributed by atoms with Gasteiger partial charge < -0.3 is 20.3 Å². The van der Waals surface area contributed by atoms with E-state index in [1.807, 2.05) is 11.8 Å². The molecule has 86 valence electrons. The number of nitrogens with zero attached hydrogens (tertiary/aromatic N) is 3. The van der Waals surface area contributed by atoms with Crippen molar-refractivity contribution >= 4 is 11.5 Å². The summed E-state index contributed by atoms with van der Waals surface area (Å²) in [6, 6.07) is 3.83. The SMILES string of the molecule is CCN(c1cccnc1[N+](=O)[O-])C1CNC1. The van der Waals surface area contributed by atoms with Crippen LogP contribution in [0.1, 0.15) is 6.92 Å². The highest BCUT2D eigenvalue weighted by molar-refractivity contribution is 5.60. The van der Waals surface area contributed by atoms with E-state index in [4.69, 9.17) is 0 Å². The van der Waals surface area contributed by atoms with E-state index in [0.29, 0.717) is 11.7 Å². The number of pyridine rings is 1. The molecular weight excluding hydrogens is 208 g/mol. The Hall–Kier alpha value is -1.69. The van der Waals surface area contributed by atoms with Gasteiger partial charge in [-0.3, -0.25) is 0 Å². The van der Waals surface area contributed by atoms with Gasteiger partial charge in [0.25, 0.3) is 0 Å². The second-order valence-corrected chi connectivity index (χ2v) is 3.70. The Labute approximate surface area is 93.4 Å². The standard InChI is InChI=1S/C10H14N4O2/c1-2-13(8-6-11-7-8)9-4-3-5-12-10(9)14(15)16/h3-5,8,11H,2,6-7H2,1H3. The van der Waals surface area contributed by atoms with Crippen molar-refractivity contribution in [1.82, 2.24) is 10.3 Å². The Morgan fingerprint density at radius 1 is 1.69 bits per heavy atom. The molecule has 2 rings (SSSR count). The number of hydrogen-bond donors (Lipinski definition) is 1. The van der Waals surface area contributed by atoms with Crippen LogP contribution in [0.5, 0.6) is 0 Å². The summed E-state index contributed by atoms with van der Waals surface area (Å²) in [7, 11) is 0. The fourth-order valence-electron chi connectivity index (χ4n) is 1.87. The first kappa shape index (κ1) is 10.8. The van der Waals surface area contributed by atoms with Crippen LogP contribution in [-0.2, 0) is 0 Å². The third-order valence-corrected chi connectivity index (χ3v) is 2.79. The highest BCUT2D eigenvalue weighted by Gasteiger charge is 2.28. The molecule has 0 radical (unpaired) electrons. The maximum Gasteiger partial charge on any atom is 0.387 e. The fourth-order valence-corrected chi connectivity index (χ4v) is 1.87.